The van der Waals surface area contributed by atoms with E-state index in [9.17, 15) is 5.11 Å². The molecule has 0 aliphatic heterocycles. The number of phenolic OH excluding ortho intramolecular Hbond substituents is 1. The Balaban J connectivity index is 2.04. The lowest BCUT2D eigenvalue weighted by Crippen LogP contribution is -2.43. The van der Waals surface area contributed by atoms with Gasteiger partial charge in [-0.3, -0.25) is 4.99 Å². The number of methoxy groups -OCH3 is 1. The predicted octanol–water partition coefficient (Wildman–Crippen LogP) is 1.97. The van der Waals surface area contributed by atoms with Gasteiger partial charge in [0, 0.05) is 32.3 Å². The number of phenols is 1. The van der Waals surface area contributed by atoms with Crippen LogP contribution in [0.2, 0.25) is 0 Å². The maximum absolute atomic E-state index is 10.2. The summed E-state index contributed by atoms with van der Waals surface area (Å²) >= 11 is 0. The number of aliphatic imine (C=N–C) groups is 1. The Morgan fingerprint density at radius 1 is 1.36 bits per heavy atom. The monoisotopic (exact) mass is 305 g/mol. The number of benzene rings is 1. The Labute approximate surface area is 132 Å². The van der Waals surface area contributed by atoms with Crippen LogP contribution in [-0.2, 0) is 24.1 Å². The fourth-order valence-corrected chi connectivity index (χ4v) is 2.98. The van der Waals surface area contributed by atoms with Crippen LogP contribution >= 0.6 is 0 Å². The van der Waals surface area contributed by atoms with Gasteiger partial charge in [-0.1, -0.05) is 6.07 Å². The highest BCUT2D eigenvalue weighted by Crippen LogP contribution is 2.30. The lowest BCUT2D eigenvalue weighted by molar-refractivity contribution is 0.179. The fraction of sp³-hybridized carbons (Fsp3) is 0.588. The van der Waals surface area contributed by atoms with Gasteiger partial charge in [0.15, 0.2) is 5.96 Å². The van der Waals surface area contributed by atoms with Crippen molar-refractivity contribution in [1.82, 2.24) is 10.6 Å². The molecule has 3 N–H and O–H groups in total. The van der Waals surface area contributed by atoms with Crippen molar-refractivity contribution in [2.75, 3.05) is 20.8 Å². The van der Waals surface area contributed by atoms with E-state index in [1.807, 2.05) is 13.0 Å². The van der Waals surface area contributed by atoms with E-state index in [0.717, 1.165) is 24.4 Å². The SMILES string of the molecule is CN=C(NCc1c(O)ccc2c1CCCC2)NC(C)COC. The van der Waals surface area contributed by atoms with Gasteiger partial charge in [0.05, 0.1) is 6.61 Å². The molecule has 1 aromatic rings. The Hall–Kier alpha value is -1.75. The van der Waals surface area contributed by atoms with Gasteiger partial charge in [0.25, 0.3) is 0 Å². The van der Waals surface area contributed by atoms with Crippen molar-refractivity contribution in [2.24, 2.45) is 4.99 Å². The maximum Gasteiger partial charge on any atom is 0.191 e. The van der Waals surface area contributed by atoms with E-state index < -0.39 is 0 Å². The summed E-state index contributed by atoms with van der Waals surface area (Å²) in [5.74, 6) is 1.09. The highest BCUT2D eigenvalue weighted by Gasteiger charge is 2.16. The highest BCUT2D eigenvalue weighted by molar-refractivity contribution is 5.80. The van der Waals surface area contributed by atoms with Crippen LogP contribution in [0.5, 0.6) is 5.75 Å². The van der Waals surface area contributed by atoms with Crippen LogP contribution in [0.25, 0.3) is 0 Å². The Morgan fingerprint density at radius 2 is 2.14 bits per heavy atom. The molecule has 1 aromatic carbocycles. The first kappa shape index (κ1) is 16.6. The van der Waals surface area contributed by atoms with Gasteiger partial charge in [-0.05, 0) is 49.8 Å². The molecule has 0 spiro atoms. The van der Waals surface area contributed by atoms with Crippen LogP contribution < -0.4 is 10.6 Å². The lowest BCUT2D eigenvalue weighted by atomic mass is 9.88. The van der Waals surface area contributed by atoms with Crippen LogP contribution in [0.15, 0.2) is 17.1 Å². The Kier molecular flexibility index (Phi) is 6.07. The minimum absolute atomic E-state index is 0.175. The number of fused-ring (bicyclic) bond motifs is 1. The van der Waals surface area contributed by atoms with E-state index in [1.165, 1.54) is 24.0 Å². The molecule has 0 amide bonds. The number of ether oxygens (including phenoxy) is 1. The first-order chi connectivity index (χ1) is 10.7. The van der Waals surface area contributed by atoms with Gasteiger partial charge in [-0.2, -0.15) is 0 Å². The molecule has 0 saturated heterocycles. The molecule has 0 saturated carbocycles. The third-order valence-electron chi connectivity index (χ3n) is 4.08. The van der Waals surface area contributed by atoms with Crippen molar-refractivity contribution >= 4 is 5.96 Å². The number of nitrogens with one attached hydrogen (secondary N) is 2. The molecule has 0 bridgehead atoms. The van der Waals surface area contributed by atoms with Gasteiger partial charge < -0.3 is 20.5 Å². The summed E-state index contributed by atoms with van der Waals surface area (Å²) in [6, 6.07) is 4.04. The van der Waals surface area contributed by atoms with Crippen LogP contribution in [0, 0.1) is 0 Å². The zero-order chi connectivity index (χ0) is 15.9. The van der Waals surface area contributed by atoms with E-state index in [1.54, 1.807) is 14.2 Å². The molecule has 1 aliphatic carbocycles. The number of aryl methyl sites for hydroxylation is 1. The second-order valence-corrected chi connectivity index (χ2v) is 5.83. The molecule has 1 aliphatic rings. The van der Waals surface area contributed by atoms with Crippen LogP contribution in [-0.4, -0.2) is 37.9 Å². The van der Waals surface area contributed by atoms with Gasteiger partial charge in [0.2, 0.25) is 0 Å². The van der Waals surface area contributed by atoms with Crippen molar-refractivity contribution in [1.29, 1.82) is 0 Å². The molecule has 1 unspecified atom stereocenters. The molecule has 0 aromatic heterocycles. The minimum Gasteiger partial charge on any atom is -0.508 e. The number of guanidine groups is 1. The summed E-state index contributed by atoms with van der Waals surface area (Å²) in [5.41, 5.74) is 3.68. The zero-order valence-electron chi connectivity index (χ0n) is 13.8. The molecule has 5 nitrogen and oxygen atoms in total. The standard InChI is InChI=1S/C17H27N3O2/c1-12(11-22-3)20-17(18-2)19-10-15-14-7-5-4-6-13(14)8-9-16(15)21/h8-9,12,21H,4-7,10-11H2,1-3H3,(H2,18,19,20). The van der Waals surface area contributed by atoms with Crippen molar-refractivity contribution in [3.8, 4) is 5.75 Å². The van der Waals surface area contributed by atoms with Gasteiger partial charge in [-0.15, -0.1) is 0 Å². The third kappa shape index (κ3) is 4.13. The molecular formula is C17H27N3O2. The Morgan fingerprint density at radius 3 is 2.86 bits per heavy atom. The number of hydrogen-bond donors (Lipinski definition) is 3. The van der Waals surface area contributed by atoms with Crippen molar-refractivity contribution in [3.05, 3.63) is 28.8 Å². The molecule has 0 fully saturated rings. The zero-order valence-corrected chi connectivity index (χ0v) is 13.8. The lowest BCUT2D eigenvalue weighted by Gasteiger charge is -2.22. The molecular weight excluding hydrogens is 278 g/mol. The van der Waals surface area contributed by atoms with Gasteiger partial charge in [0.1, 0.15) is 5.75 Å². The van der Waals surface area contributed by atoms with E-state index >= 15 is 0 Å². The quantitative estimate of drug-likeness (QED) is 0.575. The molecule has 5 heteroatoms. The van der Waals surface area contributed by atoms with Gasteiger partial charge >= 0.3 is 0 Å². The highest BCUT2D eigenvalue weighted by atomic mass is 16.5. The fourth-order valence-electron chi connectivity index (χ4n) is 2.98. The number of aromatic hydroxyl groups is 1. The topological polar surface area (TPSA) is 65.9 Å². The summed E-state index contributed by atoms with van der Waals surface area (Å²) in [6.45, 7) is 3.24. The second kappa shape index (κ2) is 8.03. The summed E-state index contributed by atoms with van der Waals surface area (Å²) in [5, 5.41) is 16.8. The smallest absolute Gasteiger partial charge is 0.191 e. The first-order valence-corrected chi connectivity index (χ1v) is 7.94. The molecule has 0 radical (unpaired) electrons. The minimum atomic E-state index is 0.175. The van der Waals surface area contributed by atoms with E-state index in [2.05, 4.69) is 21.7 Å². The van der Waals surface area contributed by atoms with Crippen LogP contribution in [0.1, 0.15) is 36.5 Å². The van der Waals surface area contributed by atoms with E-state index in [-0.39, 0.29) is 6.04 Å². The third-order valence-corrected chi connectivity index (χ3v) is 4.08. The summed E-state index contributed by atoms with van der Waals surface area (Å²) < 4.78 is 5.12. The normalized spacial score (nSPS) is 16.0. The average Bonchev–Trinajstić information content (AvgIpc) is 2.53. The van der Waals surface area contributed by atoms with Gasteiger partial charge in [-0.25, -0.2) is 0 Å². The maximum atomic E-state index is 10.2. The molecule has 2 rings (SSSR count). The molecule has 1 atom stereocenters. The average molecular weight is 305 g/mol. The van der Waals surface area contributed by atoms with Crippen molar-refractivity contribution in [2.45, 2.75) is 45.2 Å². The summed E-state index contributed by atoms with van der Waals surface area (Å²) in [7, 11) is 3.43. The first-order valence-electron chi connectivity index (χ1n) is 7.94. The number of nitrogens with zero attached hydrogens (tertiary/aromatic N) is 1. The largest absolute Gasteiger partial charge is 0.508 e. The summed E-state index contributed by atoms with van der Waals surface area (Å²) in [4.78, 5) is 4.22. The van der Waals surface area contributed by atoms with E-state index in [4.69, 9.17) is 4.74 Å². The molecule has 22 heavy (non-hydrogen) atoms. The van der Waals surface area contributed by atoms with Crippen molar-refractivity contribution in [3.63, 3.8) is 0 Å². The second-order valence-electron chi connectivity index (χ2n) is 5.83. The van der Waals surface area contributed by atoms with Crippen molar-refractivity contribution < 1.29 is 9.84 Å². The predicted molar refractivity (Wildman–Crippen MR) is 89.4 cm³/mol. The summed E-state index contributed by atoms with van der Waals surface area (Å²) in [6.07, 6.45) is 4.59. The van der Waals surface area contributed by atoms with Crippen LogP contribution in [0.3, 0.4) is 0 Å². The van der Waals surface area contributed by atoms with E-state index in [0.29, 0.717) is 18.9 Å². The number of hydrogen-bond acceptors (Lipinski definition) is 3. The molecule has 0 heterocycles. The Bertz CT molecular complexity index is 529. The molecule has 122 valence electrons. The number of rotatable bonds is 5. The van der Waals surface area contributed by atoms with Crippen LogP contribution in [0.4, 0.5) is 0 Å².